The lowest BCUT2D eigenvalue weighted by molar-refractivity contribution is -0.120. The third-order valence-corrected chi connectivity index (χ3v) is 4.87. The van der Waals surface area contributed by atoms with Crippen molar-refractivity contribution < 1.29 is 4.79 Å². The van der Waals surface area contributed by atoms with Crippen LogP contribution in [-0.2, 0) is 17.8 Å². The number of nitrogens with two attached hydrogens (primary N) is 1. The van der Waals surface area contributed by atoms with Gasteiger partial charge in [0, 0.05) is 31.3 Å². The zero-order valence-corrected chi connectivity index (χ0v) is 16.3. The van der Waals surface area contributed by atoms with E-state index < -0.39 is 6.04 Å². The van der Waals surface area contributed by atoms with E-state index in [-0.39, 0.29) is 5.91 Å². The minimum absolute atomic E-state index is 0.387. The SMILES string of the molecule is CC(C)c1ccc(C(NCc2ccncc2Cc2ccncc2)C(N)=O)cc1. The normalized spacial score (nSPS) is 12.1. The first-order chi connectivity index (χ1) is 13.5. The van der Waals surface area contributed by atoms with Gasteiger partial charge in [-0.25, -0.2) is 0 Å². The number of carbonyl (C=O) groups excluding carboxylic acids is 1. The number of pyridine rings is 2. The molecule has 1 atom stereocenters. The average molecular weight is 374 g/mol. The maximum absolute atomic E-state index is 12.1. The second-order valence-electron chi connectivity index (χ2n) is 7.21. The Hall–Kier alpha value is -3.05. The molecule has 0 radical (unpaired) electrons. The van der Waals surface area contributed by atoms with Crippen molar-refractivity contribution in [3.63, 3.8) is 0 Å². The van der Waals surface area contributed by atoms with E-state index in [2.05, 4.69) is 41.3 Å². The number of rotatable bonds is 8. The summed E-state index contributed by atoms with van der Waals surface area (Å²) in [5.41, 5.74) is 11.2. The average Bonchev–Trinajstić information content (AvgIpc) is 2.70. The van der Waals surface area contributed by atoms with Gasteiger partial charge in [-0.15, -0.1) is 0 Å². The van der Waals surface area contributed by atoms with E-state index in [1.807, 2.05) is 36.5 Å². The predicted molar refractivity (Wildman–Crippen MR) is 111 cm³/mol. The van der Waals surface area contributed by atoms with Crippen LogP contribution in [0.15, 0.2) is 67.3 Å². The number of hydrogen-bond acceptors (Lipinski definition) is 4. The van der Waals surface area contributed by atoms with Crippen molar-refractivity contribution in [3.05, 3.63) is 95.1 Å². The number of primary amides is 1. The number of nitrogens with zero attached hydrogens (tertiary/aromatic N) is 2. The molecule has 0 aliphatic heterocycles. The second kappa shape index (κ2) is 9.24. The zero-order valence-electron chi connectivity index (χ0n) is 16.3. The fourth-order valence-electron chi connectivity index (χ4n) is 3.18. The van der Waals surface area contributed by atoms with Gasteiger partial charge in [0.1, 0.15) is 6.04 Å². The summed E-state index contributed by atoms with van der Waals surface area (Å²) in [7, 11) is 0. The number of nitrogens with one attached hydrogen (secondary N) is 1. The molecule has 0 saturated heterocycles. The van der Waals surface area contributed by atoms with Crippen LogP contribution in [0.1, 0.15) is 53.6 Å². The van der Waals surface area contributed by atoms with E-state index in [1.54, 1.807) is 18.6 Å². The molecule has 28 heavy (non-hydrogen) atoms. The summed E-state index contributed by atoms with van der Waals surface area (Å²) in [4.78, 5) is 20.4. The van der Waals surface area contributed by atoms with Gasteiger partial charge in [-0.2, -0.15) is 0 Å². The van der Waals surface area contributed by atoms with E-state index in [0.29, 0.717) is 12.5 Å². The van der Waals surface area contributed by atoms with Crippen molar-refractivity contribution in [1.29, 1.82) is 0 Å². The maximum atomic E-state index is 12.1. The summed E-state index contributed by atoms with van der Waals surface area (Å²) in [6, 6.07) is 13.5. The maximum Gasteiger partial charge on any atom is 0.239 e. The molecule has 0 fully saturated rings. The number of amides is 1. The molecule has 1 amide bonds. The van der Waals surface area contributed by atoms with Gasteiger partial charge in [-0.1, -0.05) is 38.1 Å². The zero-order chi connectivity index (χ0) is 19.9. The quantitative estimate of drug-likeness (QED) is 0.632. The van der Waals surface area contributed by atoms with Gasteiger partial charge in [0.05, 0.1) is 0 Å². The Morgan fingerprint density at radius 1 is 0.929 bits per heavy atom. The lowest BCUT2D eigenvalue weighted by Gasteiger charge is -2.18. The molecule has 2 aromatic heterocycles. The minimum atomic E-state index is -0.539. The summed E-state index contributed by atoms with van der Waals surface area (Å²) >= 11 is 0. The van der Waals surface area contributed by atoms with Gasteiger partial charge in [-0.05, 0) is 58.4 Å². The van der Waals surface area contributed by atoms with Crippen LogP contribution in [-0.4, -0.2) is 15.9 Å². The molecule has 0 aliphatic carbocycles. The van der Waals surface area contributed by atoms with Gasteiger partial charge in [0.2, 0.25) is 5.91 Å². The van der Waals surface area contributed by atoms with Crippen LogP contribution in [0.3, 0.4) is 0 Å². The predicted octanol–water partition coefficient (Wildman–Crippen LogP) is 3.51. The largest absolute Gasteiger partial charge is 0.368 e. The van der Waals surface area contributed by atoms with Crippen LogP contribution in [0.25, 0.3) is 0 Å². The van der Waals surface area contributed by atoms with Crippen molar-refractivity contribution >= 4 is 5.91 Å². The molecular weight excluding hydrogens is 348 g/mol. The molecular formula is C23H26N4O. The molecule has 1 aromatic carbocycles. The number of benzene rings is 1. The molecule has 0 aliphatic rings. The number of hydrogen-bond donors (Lipinski definition) is 2. The third kappa shape index (κ3) is 5.02. The highest BCUT2D eigenvalue weighted by molar-refractivity contribution is 5.81. The van der Waals surface area contributed by atoms with Crippen molar-refractivity contribution in [3.8, 4) is 0 Å². The summed E-state index contributed by atoms with van der Waals surface area (Å²) in [6.45, 7) is 4.82. The van der Waals surface area contributed by atoms with E-state index >= 15 is 0 Å². The monoisotopic (exact) mass is 374 g/mol. The molecule has 2 heterocycles. The van der Waals surface area contributed by atoms with E-state index in [4.69, 9.17) is 5.73 Å². The van der Waals surface area contributed by atoms with Crippen molar-refractivity contribution in [2.75, 3.05) is 0 Å². The highest BCUT2D eigenvalue weighted by atomic mass is 16.1. The van der Waals surface area contributed by atoms with E-state index in [1.165, 1.54) is 11.1 Å². The Labute approximate surface area is 166 Å². The van der Waals surface area contributed by atoms with Gasteiger partial charge in [-0.3, -0.25) is 20.1 Å². The number of carbonyl (C=O) groups is 1. The Kier molecular flexibility index (Phi) is 6.50. The molecule has 3 aromatic rings. The highest BCUT2D eigenvalue weighted by Crippen LogP contribution is 2.20. The molecule has 3 rings (SSSR count). The molecule has 0 spiro atoms. The topological polar surface area (TPSA) is 80.9 Å². The van der Waals surface area contributed by atoms with Crippen molar-refractivity contribution in [2.24, 2.45) is 5.73 Å². The van der Waals surface area contributed by atoms with Crippen LogP contribution < -0.4 is 11.1 Å². The summed E-state index contributed by atoms with van der Waals surface area (Å²) in [6.07, 6.45) is 7.97. The number of aromatic nitrogens is 2. The fraction of sp³-hybridized carbons (Fsp3) is 0.261. The Morgan fingerprint density at radius 3 is 2.21 bits per heavy atom. The first-order valence-corrected chi connectivity index (χ1v) is 9.48. The summed E-state index contributed by atoms with van der Waals surface area (Å²) < 4.78 is 0. The lowest BCUT2D eigenvalue weighted by atomic mass is 9.98. The molecule has 5 nitrogen and oxygen atoms in total. The van der Waals surface area contributed by atoms with Crippen LogP contribution >= 0.6 is 0 Å². The highest BCUT2D eigenvalue weighted by Gasteiger charge is 2.18. The standard InChI is InChI=1S/C23H26N4O/c1-16(2)18-3-5-19(6-4-18)22(23(24)28)27-15-20-9-12-26-14-21(20)13-17-7-10-25-11-8-17/h3-12,14,16,22,27H,13,15H2,1-2H3,(H2,24,28). The molecule has 5 heteroatoms. The molecule has 144 valence electrons. The molecule has 1 unspecified atom stereocenters. The Bertz CT molecular complexity index is 907. The van der Waals surface area contributed by atoms with Gasteiger partial charge >= 0.3 is 0 Å². The smallest absolute Gasteiger partial charge is 0.239 e. The molecule has 0 bridgehead atoms. The molecule has 3 N–H and O–H groups in total. The van der Waals surface area contributed by atoms with Crippen LogP contribution in [0.2, 0.25) is 0 Å². The summed E-state index contributed by atoms with van der Waals surface area (Å²) in [5.74, 6) is 0.0589. The second-order valence-corrected chi connectivity index (χ2v) is 7.21. The first kappa shape index (κ1) is 19.7. The fourth-order valence-corrected chi connectivity index (χ4v) is 3.18. The van der Waals surface area contributed by atoms with Crippen LogP contribution in [0, 0.1) is 0 Å². The third-order valence-electron chi connectivity index (χ3n) is 4.87. The Morgan fingerprint density at radius 2 is 1.57 bits per heavy atom. The first-order valence-electron chi connectivity index (χ1n) is 9.48. The van der Waals surface area contributed by atoms with Crippen molar-refractivity contribution in [2.45, 2.75) is 38.8 Å². The van der Waals surface area contributed by atoms with E-state index in [9.17, 15) is 4.79 Å². The summed E-state index contributed by atoms with van der Waals surface area (Å²) in [5, 5.41) is 3.31. The lowest BCUT2D eigenvalue weighted by Crippen LogP contribution is -2.33. The van der Waals surface area contributed by atoms with Crippen LogP contribution in [0.4, 0.5) is 0 Å². The van der Waals surface area contributed by atoms with Gasteiger partial charge < -0.3 is 5.73 Å². The minimum Gasteiger partial charge on any atom is -0.368 e. The molecule has 0 saturated carbocycles. The Balaban J connectivity index is 1.75. The van der Waals surface area contributed by atoms with Gasteiger partial charge in [0.15, 0.2) is 0 Å². The van der Waals surface area contributed by atoms with Gasteiger partial charge in [0.25, 0.3) is 0 Å². The van der Waals surface area contributed by atoms with Crippen molar-refractivity contribution in [1.82, 2.24) is 15.3 Å². The van der Waals surface area contributed by atoms with E-state index in [0.717, 1.165) is 23.1 Å². The van der Waals surface area contributed by atoms with Crippen LogP contribution in [0.5, 0.6) is 0 Å².